The van der Waals surface area contributed by atoms with Crippen LogP contribution in [-0.2, 0) is 11.3 Å². The third-order valence-corrected chi connectivity index (χ3v) is 5.20. The Morgan fingerprint density at radius 3 is 2.23 bits per heavy atom. The van der Waals surface area contributed by atoms with Crippen molar-refractivity contribution in [2.24, 2.45) is 0 Å². The lowest BCUT2D eigenvalue weighted by Crippen LogP contribution is -2.35. The van der Waals surface area contributed by atoms with Gasteiger partial charge in [0, 0.05) is 42.0 Å². The average Bonchev–Trinajstić information content (AvgIpc) is 2.79. The predicted molar refractivity (Wildman–Crippen MR) is 120 cm³/mol. The van der Waals surface area contributed by atoms with Crippen molar-refractivity contribution in [1.29, 1.82) is 0 Å². The molecule has 0 atom stereocenters. The number of carbonyl (C=O) groups is 1. The van der Waals surface area contributed by atoms with E-state index < -0.39 is 5.97 Å². The number of aromatic nitrogens is 1. The number of nitrogens with zero attached hydrogens (tertiary/aromatic N) is 2. The Morgan fingerprint density at radius 2 is 1.61 bits per heavy atom. The Hall–Kier alpha value is -3.46. The maximum atomic E-state index is 11.3. The summed E-state index contributed by atoms with van der Waals surface area (Å²) >= 11 is 0. The van der Waals surface area contributed by atoms with Gasteiger partial charge in [-0.25, -0.2) is 4.79 Å². The first-order chi connectivity index (χ1) is 15.1. The summed E-state index contributed by atoms with van der Waals surface area (Å²) in [5, 5.41) is 9.25. The molecule has 5 heteroatoms. The molecule has 1 N–H and O–H groups in total. The van der Waals surface area contributed by atoms with Gasteiger partial charge in [0.15, 0.2) is 0 Å². The van der Waals surface area contributed by atoms with E-state index in [9.17, 15) is 9.90 Å². The van der Waals surface area contributed by atoms with Crippen molar-refractivity contribution < 1.29 is 14.6 Å². The van der Waals surface area contributed by atoms with E-state index in [0.29, 0.717) is 11.4 Å². The molecule has 3 aromatic rings. The predicted octanol–water partition coefficient (Wildman–Crippen LogP) is 3.99. The fraction of sp³-hybridized carbons (Fsp3) is 0.231. The largest absolute Gasteiger partial charge is 0.478 e. The van der Waals surface area contributed by atoms with Crippen LogP contribution in [0.5, 0.6) is 0 Å². The van der Waals surface area contributed by atoms with Gasteiger partial charge in [-0.05, 0) is 48.9 Å². The third kappa shape index (κ3) is 5.58. The molecule has 1 fully saturated rings. The zero-order valence-corrected chi connectivity index (χ0v) is 17.5. The highest BCUT2D eigenvalue weighted by Gasteiger charge is 2.10. The molecule has 1 saturated heterocycles. The minimum Gasteiger partial charge on any atom is -0.478 e. The zero-order valence-electron chi connectivity index (χ0n) is 17.5. The Kier molecular flexibility index (Phi) is 6.42. The van der Waals surface area contributed by atoms with E-state index in [4.69, 9.17) is 4.74 Å². The van der Waals surface area contributed by atoms with Gasteiger partial charge >= 0.3 is 5.97 Å². The number of hydrogen-bond acceptors (Lipinski definition) is 4. The molecule has 0 unspecified atom stereocenters. The minimum absolute atomic E-state index is 0.239. The van der Waals surface area contributed by atoms with Crippen LogP contribution in [0.1, 0.15) is 32.7 Å². The molecule has 5 nitrogen and oxygen atoms in total. The number of ether oxygens (including phenoxy) is 1. The summed E-state index contributed by atoms with van der Waals surface area (Å²) in [5.74, 6) is 5.44. The number of rotatable bonds is 4. The third-order valence-electron chi connectivity index (χ3n) is 5.20. The number of aryl methyl sites for hydroxylation is 1. The molecule has 0 bridgehead atoms. The van der Waals surface area contributed by atoms with Crippen LogP contribution in [0.25, 0.3) is 11.3 Å². The monoisotopic (exact) mass is 412 g/mol. The van der Waals surface area contributed by atoms with E-state index in [1.807, 2.05) is 24.3 Å². The van der Waals surface area contributed by atoms with Gasteiger partial charge in [-0.1, -0.05) is 36.1 Å². The van der Waals surface area contributed by atoms with Crippen LogP contribution in [0.2, 0.25) is 0 Å². The number of carboxylic acid groups (broad SMARTS) is 1. The lowest BCUT2D eigenvalue weighted by atomic mass is 10.1. The van der Waals surface area contributed by atoms with Crippen LogP contribution in [0.4, 0.5) is 0 Å². The Bertz CT molecular complexity index is 1120. The van der Waals surface area contributed by atoms with E-state index in [-0.39, 0.29) is 5.56 Å². The van der Waals surface area contributed by atoms with Crippen LogP contribution in [-0.4, -0.2) is 47.3 Å². The first-order valence-corrected chi connectivity index (χ1v) is 10.3. The smallest absolute Gasteiger partial charge is 0.335 e. The van der Waals surface area contributed by atoms with Gasteiger partial charge in [0.25, 0.3) is 0 Å². The summed E-state index contributed by atoms with van der Waals surface area (Å²) in [5.41, 5.74) is 5.58. The molecule has 1 aromatic heterocycles. The quantitative estimate of drug-likeness (QED) is 0.657. The van der Waals surface area contributed by atoms with Gasteiger partial charge in [-0.15, -0.1) is 0 Å². The second kappa shape index (κ2) is 9.57. The highest BCUT2D eigenvalue weighted by atomic mass is 16.5. The van der Waals surface area contributed by atoms with E-state index in [2.05, 4.69) is 46.0 Å². The van der Waals surface area contributed by atoms with E-state index in [0.717, 1.165) is 49.5 Å². The van der Waals surface area contributed by atoms with E-state index in [1.54, 1.807) is 19.1 Å². The maximum absolute atomic E-state index is 11.3. The number of carboxylic acids is 1. The fourth-order valence-corrected chi connectivity index (χ4v) is 3.52. The van der Waals surface area contributed by atoms with Gasteiger partial charge in [0.2, 0.25) is 0 Å². The summed E-state index contributed by atoms with van der Waals surface area (Å²) in [7, 11) is 0. The van der Waals surface area contributed by atoms with E-state index in [1.165, 1.54) is 5.56 Å². The number of pyridine rings is 1. The van der Waals surface area contributed by atoms with Crippen LogP contribution in [0.3, 0.4) is 0 Å². The zero-order chi connectivity index (χ0) is 21.6. The van der Waals surface area contributed by atoms with Crippen LogP contribution in [0, 0.1) is 18.8 Å². The van der Waals surface area contributed by atoms with Gasteiger partial charge in [-0.3, -0.25) is 9.88 Å². The molecule has 31 heavy (non-hydrogen) atoms. The topological polar surface area (TPSA) is 62.7 Å². The van der Waals surface area contributed by atoms with Crippen molar-refractivity contribution in [2.75, 3.05) is 26.3 Å². The molecule has 0 aliphatic carbocycles. The lowest BCUT2D eigenvalue weighted by molar-refractivity contribution is 0.0342. The molecule has 156 valence electrons. The summed E-state index contributed by atoms with van der Waals surface area (Å²) < 4.78 is 5.40. The average molecular weight is 412 g/mol. The molecule has 1 aliphatic rings. The number of benzene rings is 2. The highest BCUT2D eigenvalue weighted by Crippen LogP contribution is 2.20. The van der Waals surface area contributed by atoms with Crippen molar-refractivity contribution in [3.05, 3.63) is 88.6 Å². The molecule has 2 aromatic carbocycles. The summed E-state index contributed by atoms with van der Waals surface area (Å²) in [6.45, 7) is 6.31. The number of hydrogen-bond donors (Lipinski definition) is 1. The molecule has 1 aliphatic heterocycles. The number of morpholine rings is 1. The lowest BCUT2D eigenvalue weighted by Gasteiger charge is -2.26. The standard InChI is InChI=1S/C26H24N2O3/c1-19-16-24(26(29)30)17-25(27-19)23-10-8-21(9-11-23)3-2-20-4-6-22(7-5-20)18-28-12-14-31-15-13-28/h4-11,16-17H,12-15,18H2,1H3,(H,29,30). The second-order valence-corrected chi connectivity index (χ2v) is 7.60. The van der Waals surface area contributed by atoms with Crippen LogP contribution >= 0.6 is 0 Å². The maximum Gasteiger partial charge on any atom is 0.335 e. The molecule has 0 amide bonds. The van der Waals surface area contributed by atoms with Crippen LogP contribution in [0.15, 0.2) is 60.7 Å². The normalized spacial score (nSPS) is 14.0. The number of aromatic carboxylic acids is 1. The summed E-state index contributed by atoms with van der Waals surface area (Å²) in [4.78, 5) is 18.1. The molecule has 4 rings (SSSR count). The minimum atomic E-state index is -0.954. The van der Waals surface area contributed by atoms with Crippen LogP contribution < -0.4 is 0 Å². The van der Waals surface area contributed by atoms with Crippen molar-refractivity contribution in [3.8, 4) is 23.1 Å². The van der Waals surface area contributed by atoms with E-state index >= 15 is 0 Å². The van der Waals surface area contributed by atoms with Gasteiger partial charge < -0.3 is 9.84 Å². The molecular formula is C26H24N2O3. The molecule has 0 spiro atoms. The van der Waals surface area contributed by atoms with Crippen molar-refractivity contribution in [3.63, 3.8) is 0 Å². The molecule has 2 heterocycles. The first kappa shape index (κ1) is 20.8. The van der Waals surface area contributed by atoms with Gasteiger partial charge in [0.05, 0.1) is 24.5 Å². The first-order valence-electron chi connectivity index (χ1n) is 10.3. The van der Waals surface area contributed by atoms with Crippen molar-refractivity contribution in [2.45, 2.75) is 13.5 Å². The second-order valence-electron chi connectivity index (χ2n) is 7.60. The Morgan fingerprint density at radius 1 is 1.00 bits per heavy atom. The highest BCUT2D eigenvalue weighted by molar-refractivity contribution is 5.89. The Balaban J connectivity index is 1.43. The molecular weight excluding hydrogens is 388 g/mol. The SMILES string of the molecule is Cc1cc(C(=O)O)cc(-c2ccc(C#Cc3ccc(CN4CCOCC4)cc3)cc2)n1. The fourth-order valence-electron chi connectivity index (χ4n) is 3.52. The summed E-state index contributed by atoms with van der Waals surface area (Å²) in [6, 6.07) is 19.2. The molecule has 0 saturated carbocycles. The van der Waals surface area contributed by atoms with Gasteiger partial charge in [0.1, 0.15) is 0 Å². The van der Waals surface area contributed by atoms with Gasteiger partial charge in [-0.2, -0.15) is 0 Å². The summed E-state index contributed by atoms with van der Waals surface area (Å²) in [6.07, 6.45) is 0. The molecule has 0 radical (unpaired) electrons. The van der Waals surface area contributed by atoms with Crippen molar-refractivity contribution in [1.82, 2.24) is 9.88 Å². The van der Waals surface area contributed by atoms with Crippen molar-refractivity contribution >= 4 is 5.97 Å². The Labute approximate surface area is 182 Å².